The number of halogens is 2. The molecule has 1 saturated heterocycles. The van der Waals surface area contributed by atoms with Gasteiger partial charge in [0.05, 0.1) is 23.9 Å². The van der Waals surface area contributed by atoms with Gasteiger partial charge in [0.25, 0.3) is 0 Å². The van der Waals surface area contributed by atoms with Gasteiger partial charge in [0.1, 0.15) is 5.82 Å². The molecule has 94 valence electrons. The van der Waals surface area contributed by atoms with Crippen LogP contribution in [0.25, 0.3) is 0 Å². The zero-order valence-corrected chi connectivity index (χ0v) is 10.3. The number of hydrogen-bond donors (Lipinski definition) is 1. The van der Waals surface area contributed by atoms with E-state index in [9.17, 15) is 4.39 Å². The maximum atomic E-state index is 13.4. The number of morpholine rings is 1. The van der Waals surface area contributed by atoms with E-state index in [-0.39, 0.29) is 5.82 Å². The first kappa shape index (κ1) is 12.6. The Morgan fingerprint density at radius 2 is 2.12 bits per heavy atom. The molecule has 5 heteroatoms. The molecule has 1 aromatic carbocycles. The number of benzene rings is 1. The highest BCUT2D eigenvalue weighted by Crippen LogP contribution is 2.24. The van der Waals surface area contributed by atoms with Gasteiger partial charge in [-0.1, -0.05) is 17.7 Å². The first-order valence-electron chi connectivity index (χ1n) is 5.75. The topological polar surface area (TPSA) is 24.5 Å². The fourth-order valence-electron chi connectivity index (χ4n) is 1.83. The Morgan fingerprint density at radius 1 is 1.35 bits per heavy atom. The van der Waals surface area contributed by atoms with E-state index in [0.29, 0.717) is 17.3 Å². The van der Waals surface area contributed by atoms with Crippen LogP contribution in [-0.4, -0.2) is 44.3 Å². The largest absolute Gasteiger partial charge is 0.380 e. The van der Waals surface area contributed by atoms with Gasteiger partial charge in [-0.15, -0.1) is 0 Å². The smallest absolute Gasteiger partial charge is 0.147 e. The third kappa shape index (κ3) is 3.56. The molecule has 0 bridgehead atoms. The zero-order valence-electron chi connectivity index (χ0n) is 9.59. The first-order chi connectivity index (χ1) is 8.27. The number of anilines is 1. The number of hydrogen-bond acceptors (Lipinski definition) is 3. The minimum Gasteiger partial charge on any atom is -0.380 e. The van der Waals surface area contributed by atoms with Crippen molar-refractivity contribution in [2.45, 2.75) is 0 Å². The molecule has 1 fully saturated rings. The number of nitrogens with zero attached hydrogens (tertiary/aromatic N) is 1. The molecular formula is C12H16ClFN2O. The number of rotatable bonds is 4. The van der Waals surface area contributed by atoms with Gasteiger partial charge in [0, 0.05) is 26.2 Å². The molecule has 0 saturated carbocycles. The Morgan fingerprint density at radius 3 is 2.82 bits per heavy atom. The molecule has 17 heavy (non-hydrogen) atoms. The quantitative estimate of drug-likeness (QED) is 0.896. The second-order valence-electron chi connectivity index (χ2n) is 3.98. The molecule has 1 aliphatic heterocycles. The predicted octanol–water partition coefficient (Wildman–Crippen LogP) is 2.22. The summed E-state index contributed by atoms with van der Waals surface area (Å²) in [6.07, 6.45) is 0. The van der Waals surface area contributed by atoms with Crippen LogP contribution in [0.1, 0.15) is 0 Å². The molecule has 0 aliphatic carbocycles. The van der Waals surface area contributed by atoms with Crippen LogP contribution >= 0.6 is 11.6 Å². The van der Waals surface area contributed by atoms with Crippen molar-refractivity contribution in [3.05, 3.63) is 29.0 Å². The van der Waals surface area contributed by atoms with Crippen molar-refractivity contribution in [1.82, 2.24) is 4.90 Å². The van der Waals surface area contributed by atoms with Crippen molar-refractivity contribution in [1.29, 1.82) is 0 Å². The fraction of sp³-hybridized carbons (Fsp3) is 0.500. The minimum atomic E-state index is -0.306. The summed E-state index contributed by atoms with van der Waals surface area (Å²) >= 11 is 5.91. The molecule has 2 rings (SSSR count). The molecule has 1 aliphatic rings. The van der Waals surface area contributed by atoms with Crippen LogP contribution in [0.15, 0.2) is 18.2 Å². The Hall–Kier alpha value is -0.840. The van der Waals surface area contributed by atoms with Gasteiger partial charge < -0.3 is 10.1 Å². The number of para-hydroxylation sites is 1. The van der Waals surface area contributed by atoms with Crippen LogP contribution in [0, 0.1) is 5.82 Å². The fourth-order valence-corrected chi connectivity index (χ4v) is 2.06. The van der Waals surface area contributed by atoms with Crippen molar-refractivity contribution in [3.8, 4) is 0 Å². The maximum absolute atomic E-state index is 13.4. The SMILES string of the molecule is Fc1cccc(Cl)c1NCCN1CCOCC1. The van der Waals surface area contributed by atoms with E-state index in [1.807, 2.05) is 0 Å². The third-order valence-corrected chi connectivity index (χ3v) is 3.11. The predicted molar refractivity (Wildman–Crippen MR) is 67.2 cm³/mol. The van der Waals surface area contributed by atoms with Crippen LogP contribution in [-0.2, 0) is 4.74 Å². The minimum absolute atomic E-state index is 0.306. The average molecular weight is 259 g/mol. The Kier molecular flexibility index (Phi) is 4.59. The standard InChI is InChI=1S/C12H16ClFN2O/c13-10-2-1-3-11(14)12(10)15-4-5-16-6-8-17-9-7-16/h1-3,15H,4-9H2. The van der Waals surface area contributed by atoms with Gasteiger partial charge in [-0.3, -0.25) is 4.90 Å². The van der Waals surface area contributed by atoms with E-state index in [4.69, 9.17) is 16.3 Å². The highest BCUT2D eigenvalue weighted by Gasteiger charge is 2.10. The lowest BCUT2D eigenvalue weighted by atomic mass is 10.3. The summed E-state index contributed by atoms with van der Waals surface area (Å²) in [4.78, 5) is 2.28. The van der Waals surface area contributed by atoms with Crippen molar-refractivity contribution in [2.75, 3.05) is 44.7 Å². The summed E-state index contributed by atoms with van der Waals surface area (Å²) in [5.41, 5.74) is 0.391. The Bertz CT molecular complexity index is 349. The summed E-state index contributed by atoms with van der Waals surface area (Å²) < 4.78 is 18.7. The monoisotopic (exact) mass is 258 g/mol. The van der Waals surface area contributed by atoms with E-state index in [2.05, 4.69) is 10.2 Å². The van der Waals surface area contributed by atoms with E-state index in [1.54, 1.807) is 12.1 Å². The van der Waals surface area contributed by atoms with Crippen molar-refractivity contribution in [3.63, 3.8) is 0 Å². The van der Waals surface area contributed by atoms with Crippen molar-refractivity contribution in [2.24, 2.45) is 0 Å². The van der Waals surface area contributed by atoms with Gasteiger partial charge in [-0.05, 0) is 12.1 Å². The maximum Gasteiger partial charge on any atom is 0.147 e. The summed E-state index contributed by atoms with van der Waals surface area (Å²) in [6.45, 7) is 4.98. The molecule has 1 N–H and O–H groups in total. The molecule has 3 nitrogen and oxygen atoms in total. The van der Waals surface area contributed by atoms with Crippen molar-refractivity contribution >= 4 is 17.3 Å². The lowest BCUT2D eigenvalue weighted by Crippen LogP contribution is -2.39. The van der Waals surface area contributed by atoms with Crippen LogP contribution in [0.3, 0.4) is 0 Å². The van der Waals surface area contributed by atoms with Gasteiger partial charge in [0.15, 0.2) is 0 Å². The lowest BCUT2D eigenvalue weighted by Gasteiger charge is -2.26. The van der Waals surface area contributed by atoms with Gasteiger partial charge >= 0.3 is 0 Å². The molecule has 0 atom stereocenters. The zero-order chi connectivity index (χ0) is 12.1. The third-order valence-electron chi connectivity index (χ3n) is 2.80. The normalized spacial score (nSPS) is 17.1. The Labute approximate surface area is 106 Å². The lowest BCUT2D eigenvalue weighted by molar-refractivity contribution is 0.0398. The van der Waals surface area contributed by atoms with E-state index in [0.717, 1.165) is 32.8 Å². The van der Waals surface area contributed by atoms with Crippen LogP contribution in [0.5, 0.6) is 0 Å². The molecule has 0 radical (unpaired) electrons. The number of ether oxygens (including phenoxy) is 1. The summed E-state index contributed by atoms with van der Waals surface area (Å²) in [7, 11) is 0. The summed E-state index contributed by atoms with van der Waals surface area (Å²) in [6, 6.07) is 4.69. The highest BCUT2D eigenvalue weighted by atomic mass is 35.5. The molecule has 0 aromatic heterocycles. The van der Waals surface area contributed by atoms with E-state index in [1.165, 1.54) is 6.07 Å². The molecule has 0 spiro atoms. The number of nitrogens with one attached hydrogen (secondary N) is 1. The van der Waals surface area contributed by atoms with Crippen LogP contribution < -0.4 is 5.32 Å². The molecule has 0 amide bonds. The van der Waals surface area contributed by atoms with Gasteiger partial charge in [-0.25, -0.2) is 4.39 Å². The molecule has 1 heterocycles. The van der Waals surface area contributed by atoms with Crippen LogP contribution in [0.4, 0.5) is 10.1 Å². The van der Waals surface area contributed by atoms with Crippen LogP contribution in [0.2, 0.25) is 5.02 Å². The van der Waals surface area contributed by atoms with Crippen molar-refractivity contribution < 1.29 is 9.13 Å². The average Bonchev–Trinajstić information content (AvgIpc) is 2.34. The first-order valence-corrected chi connectivity index (χ1v) is 6.13. The van der Waals surface area contributed by atoms with Gasteiger partial charge in [-0.2, -0.15) is 0 Å². The molecular weight excluding hydrogens is 243 g/mol. The highest BCUT2D eigenvalue weighted by molar-refractivity contribution is 6.33. The van der Waals surface area contributed by atoms with Gasteiger partial charge in [0.2, 0.25) is 0 Å². The Balaban J connectivity index is 1.81. The second-order valence-corrected chi connectivity index (χ2v) is 4.38. The van der Waals surface area contributed by atoms with E-state index < -0.39 is 0 Å². The summed E-state index contributed by atoms with van der Waals surface area (Å²) in [5.74, 6) is -0.306. The molecule has 1 aromatic rings. The second kappa shape index (κ2) is 6.19. The summed E-state index contributed by atoms with van der Waals surface area (Å²) in [5, 5.41) is 3.46. The molecule has 0 unspecified atom stereocenters. The van der Waals surface area contributed by atoms with E-state index >= 15 is 0 Å².